The highest BCUT2D eigenvalue weighted by Gasteiger charge is 2.21. The summed E-state index contributed by atoms with van der Waals surface area (Å²) >= 11 is 0. The number of rotatable bonds is 6. The van der Waals surface area contributed by atoms with Gasteiger partial charge in [0.1, 0.15) is 6.61 Å². The molecule has 1 atom stereocenters. The largest absolute Gasteiger partial charge is 0.379 e. The topological polar surface area (TPSA) is 35.5 Å². The molecule has 0 spiro atoms. The van der Waals surface area contributed by atoms with Gasteiger partial charge in [-0.05, 0) is 13.8 Å². The van der Waals surface area contributed by atoms with Crippen molar-refractivity contribution >= 4 is 5.78 Å². The molecule has 0 bridgehead atoms. The molecule has 0 rings (SSSR count). The summed E-state index contributed by atoms with van der Waals surface area (Å²) in [7, 11) is 0. The van der Waals surface area contributed by atoms with Crippen molar-refractivity contribution in [1.29, 1.82) is 0 Å². The first kappa shape index (κ1) is 13.6. The number of carbonyl (C=O) groups excluding carboxylic acids is 1. The van der Waals surface area contributed by atoms with Crippen molar-refractivity contribution in [3.05, 3.63) is 0 Å². The maximum absolute atomic E-state index is 11.5. The van der Waals surface area contributed by atoms with E-state index in [9.17, 15) is 4.79 Å². The lowest BCUT2D eigenvalue weighted by atomic mass is 9.91. The van der Waals surface area contributed by atoms with E-state index >= 15 is 0 Å². The molecule has 3 heteroatoms. The van der Waals surface area contributed by atoms with E-state index in [1.165, 1.54) is 0 Å². The predicted molar refractivity (Wildman–Crippen MR) is 56.4 cm³/mol. The van der Waals surface area contributed by atoms with Crippen LogP contribution in [0.1, 0.15) is 34.6 Å². The van der Waals surface area contributed by atoms with Gasteiger partial charge in [0.25, 0.3) is 0 Å². The highest BCUT2D eigenvalue weighted by atomic mass is 16.5. The van der Waals surface area contributed by atoms with Crippen LogP contribution in [0.15, 0.2) is 0 Å². The predicted octanol–water partition coefficient (Wildman–Crippen LogP) is 2.04. The van der Waals surface area contributed by atoms with Crippen LogP contribution >= 0.6 is 0 Å². The minimum atomic E-state index is -0.314. The van der Waals surface area contributed by atoms with Gasteiger partial charge in [0.2, 0.25) is 0 Å². The van der Waals surface area contributed by atoms with Gasteiger partial charge in [-0.1, -0.05) is 20.8 Å². The molecule has 0 aromatic rings. The normalized spacial score (nSPS) is 14.1. The Morgan fingerprint density at radius 1 is 1.36 bits per heavy atom. The third kappa shape index (κ3) is 6.11. The van der Waals surface area contributed by atoms with E-state index in [0.29, 0.717) is 13.2 Å². The molecule has 0 radical (unpaired) electrons. The summed E-state index contributed by atoms with van der Waals surface area (Å²) in [6.45, 7) is 10.9. The zero-order chi connectivity index (χ0) is 11.2. The standard InChI is InChI=1S/C11H22O3/c1-6-13-7-9(2)14-8-10(12)11(3,4)5/h9H,6-8H2,1-5H3. The average Bonchev–Trinajstić information content (AvgIpc) is 2.09. The van der Waals surface area contributed by atoms with Gasteiger partial charge in [-0.2, -0.15) is 0 Å². The minimum absolute atomic E-state index is 0.0127. The summed E-state index contributed by atoms with van der Waals surface area (Å²) in [5.74, 6) is 0.126. The molecule has 1 unspecified atom stereocenters. The maximum Gasteiger partial charge on any atom is 0.163 e. The summed E-state index contributed by atoms with van der Waals surface area (Å²) in [5.41, 5.74) is -0.314. The molecule has 0 N–H and O–H groups in total. The van der Waals surface area contributed by atoms with Crippen molar-refractivity contribution in [1.82, 2.24) is 0 Å². The van der Waals surface area contributed by atoms with Gasteiger partial charge in [-0.25, -0.2) is 0 Å². The minimum Gasteiger partial charge on any atom is -0.379 e. The van der Waals surface area contributed by atoms with Crippen molar-refractivity contribution in [2.75, 3.05) is 19.8 Å². The van der Waals surface area contributed by atoms with Gasteiger partial charge in [0.05, 0.1) is 12.7 Å². The van der Waals surface area contributed by atoms with Gasteiger partial charge in [-0.15, -0.1) is 0 Å². The Kier molecular flexibility index (Phi) is 5.96. The van der Waals surface area contributed by atoms with Crippen LogP contribution in [0.4, 0.5) is 0 Å². The van der Waals surface area contributed by atoms with Gasteiger partial charge >= 0.3 is 0 Å². The maximum atomic E-state index is 11.5. The third-order valence-corrected chi connectivity index (χ3v) is 1.89. The van der Waals surface area contributed by atoms with Crippen LogP contribution in [-0.2, 0) is 14.3 Å². The molecule has 0 heterocycles. The Hall–Kier alpha value is -0.410. The molecule has 0 amide bonds. The number of ether oxygens (including phenoxy) is 2. The van der Waals surface area contributed by atoms with Crippen LogP contribution in [0, 0.1) is 5.41 Å². The summed E-state index contributed by atoms with van der Waals surface area (Å²) in [5, 5.41) is 0. The molecule has 0 aromatic carbocycles. The smallest absolute Gasteiger partial charge is 0.163 e. The monoisotopic (exact) mass is 202 g/mol. The van der Waals surface area contributed by atoms with Crippen LogP contribution in [0.25, 0.3) is 0 Å². The van der Waals surface area contributed by atoms with Gasteiger partial charge in [0, 0.05) is 12.0 Å². The van der Waals surface area contributed by atoms with E-state index in [2.05, 4.69) is 0 Å². The number of Topliss-reactive ketones (excluding diaryl/α,β-unsaturated/α-hetero) is 1. The molecule has 14 heavy (non-hydrogen) atoms. The first-order chi connectivity index (χ1) is 6.38. The molecule has 0 aromatic heterocycles. The number of carbonyl (C=O) groups is 1. The molecule has 0 aliphatic rings. The van der Waals surface area contributed by atoms with Gasteiger partial charge in [0.15, 0.2) is 5.78 Å². The average molecular weight is 202 g/mol. The molecule has 0 saturated heterocycles. The Morgan fingerprint density at radius 2 is 1.93 bits per heavy atom. The molecule has 0 aliphatic heterocycles. The fourth-order valence-corrected chi connectivity index (χ4v) is 0.766. The SMILES string of the molecule is CCOCC(C)OCC(=O)C(C)(C)C. The number of hydrogen-bond donors (Lipinski definition) is 0. The Labute approximate surface area is 86.8 Å². The fourth-order valence-electron chi connectivity index (χ4n) is 0.766. The Balaban J connectivity index is 3.67. The summed E-state index contributed by atoms with van der Waals surface area (Å²) in [6, 6.07) is 0. The van der Waals surface area contributed by atoms with Crippen molar-refractivity contribution in [2.24, 2.45) is 5.41 Å². The highest BCUT2D eigenvalue weighted by Crippen LogP contribution is 2.14. The summed E-state index contributed by atoms with van der Waals surface area (Å²) < 4.78 is 10.5. The first-order valence-electron chi connectivity index (χ1n) is 5.10. The third-order valence-electron chi connectivity index (χ3n) is 1.89. The molecule has 0 aliphatic carbocycles. The van der Waals surface area contributed by atoms with Crippen molar-refractivity contribution in [2.45, 2.75) is 40.7 Å². The number of ketones is 1. The lowest BCUT2D eigenvalue weighted by Crippen LogP contribution is -2.28. The zero-order valence-electron chi connectivity index (χ0n) is 9.92. The number of hydrogen-bond acceptors (Lipinski definition) is 3. The van der Waals surface area contributed by atoms with Crippen LogP contribution < -0.4 is 0 Å². The second kappa shape index (κ2) is 6.14. The van der Waals surface area contributed by atoms with Crippen molar-refractivity contribution < 1.29 is 14.3 Å². The summed E-state index contributed by atoms with van der Waals surface area (Å²) in [4.78, 5) is 11.5. The van der Waals surface area contributed by atoms with E-state index in [4.69, 9.17) is 9.47 Å². The lowest BCUT2D eigenvalue weighted by Gasteiger charge is -2.18. The fraction of sp³-hybridized carbons (Fsp3) is 0.909. The summed E-state index contributed by atoms with van der Waals surface area (Å²) in [6.07, 6.45) is -0.0127. The van der Waals surface area contributed by atoms with E-state index in [0.717, 1.165) is 0 Å². The second-order valence-electron chi connectivity index (χ2n) is 4.45. The van der Waals surface area contributed by atoms with Crippen molar-refractivity contribution in [3.8, 4) is 0 Å². The molecule has 3 nitrogen and oxygen atoms in total. The van der Waals surface area contributed by atoms with Crippen LogP contribution in [0.5, 0.6) is 0 Å². The molecular weight excluding hydrogens is 180 g/mol. The molecule has 0 fully saturated rings. The second-order valence-corrected chi connectivity index (χ2v) is 4.45. The molecular formula is C11H22O3. The van der Waals surface area contributed by atoms with E-state index in [-0.39, 0.29) is 23.9 Å². The van der Waals surface area contributed by atoms with E-state index in [1.54, 1.807) is 0 Å². The molecule has 84 valence electrons. The van der Waals surface area contributed by atoms with Gasteiger partial charge in [-0.3, -0.25) is 4.79 Å². The quantitative estimate of drug-likeness (QED) is 0.661. The van der Waals surface area contributed by atoms with Crippen molar-refractivity contribution in [3.63, 3.8) is 0 Å². The zero-order valence-corrected chi connectivity index (χ0v) is 9.92. The Morgan fingerprint density at radius 3 is 2.36 bits per heavy atom. The molecule has 0 saturated carbocycles. The van der Waals surface area contributed by atoms with Gasteiger partial charge < -0.3 is 9.47 Å². The Bertz CT molecular complexity index is 170. The first-order valence-corrected chi connectivity index (χ1v) is 5.10. The van der Waals surface area contributed by atoms with Crippen LogP contribution in [0.3, 0.4) is 0 Å². The lowest BCUT2D eigenvalue weighted by molar-refractivity contribution is -0.133. The van der Waals surface area contributed by atoms with E-state index < -0.39 is 0 Å². The van der Waals surface area contributed by atoms with E-state index in [1.807, 2.05) is 34.6 Å². The van der Waals surface area contributed by atoms with Crippen LogP contribution in [-0.4, -0.2) is 31.7 Å². The highest BCUT2D eigenvalue weighted by molar-refractivity contribution is 5.84. The van der Waals surface area contributed by atoms with Crippen LogP contribution in [0.2, 0.25) is 0 Å².